The van der Waals surface area contributed by atoms with Crippen molar-refractivity contribution in [3.05, 3.63) is 169 Å². The molecule has 6 rings (SSSR count). The van der Waals surface area contributed by atoms with E-state index >= 15 is 0 Å². The van der Waals surface area contributed by atoms with Crippen molar-refractivity contribution < 1.29 is 8.83 Å². The van der Waals surface area contributed by atoms with Gasteiger partial charge in [0.05, 0.1) is 35.4 Å². The Balaban J connectivity index is 1.33. The SMILES string of the molecule is C(/C=C/c1cc(-c2ccccc2)cc(-c2ccccc2)[o+]1)=C\c1cc(-c2ccccc2)cc(-c2ccccc2)[o+]1. The Hall–Kier alpha value is -5.34. The van der Waals surface area contributed by atoms with E-state index in [0.717, 1.165) is 56.4 Å². The minimum Gasteiger partial charge on any atom is -0.207 e. The van der Waals surface area contributed by atoms with Gasteiger partial charge in [-0.3, -0.25) is 0 Å². The summed E-state index contributed by atoms with van der Waals surface area (Å²) in [6.45, 7) is 0. The first-order valence-electron chi connectivity index (χ1n) is 13.3. The number of hydrogen-bond donors (Lipinski definition) is 0. The van der Waals surface area contributed by atoms with Crippen LogP contribution >= 0.6 is 0 Å². The molecule has 0 aliphatic carbocycles. The van der Waals surface area contributed by atoms with E-state index in [0.29, 0.717) is 0 Å². The second-order valence-electron chi connectivity index (χ2n) is 9.41. The molecule has 0 bridgehead atoms. The summed E-state index contributed by atoms with van der Waals surface area (Å²) >= 11 is 0. The third-order valence-electron chi connectivity index (χ3n) is 6.59. The van der Waals surface area contributed by atoms with Crippen molar-refractivity contribution in [1.82, 2.24) is 0 Å². The summed E-state index contributed by atoms with van der Waals surface area (Å²) in [5, 5.41) is 0. The molecular weight excluding hydrogens is 488 g/mol. The minimum absolute atomic E-state index is 0.768. The Morgan fingerprint density at radius 3 is 1.00 bits per heavy atom. The second kappa shape index (κ2) is 12.0. The van der Waals surface area contributed by atoms with Crippen LogP contribution in [0.3, 0.4) is 0 Å². The maximum Gasteiger partial charge on any atom is 0.361 e. The Morgan fingerprint density at radius 2 is 0.650 bits per heavy atom. The normalized spacial score (nSPS) is 11.3. The molecule has 2 heterocycles. The summed E-state index contributed by atoms with van der Waals surface area (Å²) in [5.41, 5.74) is 6.57. The summed E-state index contributed by atoms with van der Waals surface area (Å²) in [6.07, 6.45) is 7.92. The number of hydrogen-bond acceptors (Lipinski definition) is 0. The van der Waals surface area contributed by atoms with E-state index < -0.39 is 0 Å². The van der Waals surface area contributed by atoms with Gasteiger partial charge in [-0.15, -0.1) is 0 Å². The van der Waals surface area contributed by atoms with Crippen LogP contribution in [0.1, 0.15) is 11.5 Å². The summed E-state index contributed by atoms with van der Waals surface area (Å²) in [7, 11) is 0. The molecule has 2 nitrogen and oxygen atoms in total. The maximum absolute atomic E-state index is 6.29. The highest BCUT2D eigenvalue weighted by molar-refractivity contribution is 5.73. The van der Waals surface area contributed by atoms with Crippen molar-refractivity contribution in [3.63, 3.8) is 0 Å². The highest BCUT2D eigenvalue weighted by atomic mass is 16.3. The molecule has 2 aromatic heterocycles. The van der Waals surface area contributed by atoms with Crippen molar-refractivity contribution >= 4 is 12.2 Å². The Bertz CT molecular complexity index is 1510. The van der Waals surface area contributed by atoms with Crippen LogP contribution in [0.4, 0.5) is 0 Å². The molecule has 0 fully saturated rings. The van der Waals surface area contributed by atoms with Gasteiger partial charge in [0.2, 0.25) is 0 Å². The van der Waals surface area contributed by atoms with E-state index in [1.54, 1.807) is 0 Å². The summed E-state index contributed by atoms with van der Waals surface area (Å²) in [5.74, 6) is 3.18. The third kappa shape index (κ3) is 6.03. The lowest BCUT2D eigenvalue weighted by Gasteiger charge is -2.00. The summed E-state index contributed by atoms with van der Waals surface area (Å²) in [4.78, 5) is 0. The first-order valence-corrected chi connectivity index (χ1v) is 13.3. The average molecular weight is 517 g/mol. The zero-order valence-electron chi connectivity index (χ0n) is 22.0. The molecule has 0 aliphatic heterocycles. The highest BCUT2D eigenvalue weighted by Crippen LogP contribution is 2.30. The van der Waals surface area contributed by atoms with Gasteiger partial charge in [0.15, 0.2) is 0 Å². The predicted molar refractivity (Wildman–Crippen MR) is 166 cm³/mol. The van der Waals surface area contributed by atoms with E-state index in [2.05, 4.69) is 97.1 Å². The van der Waals surface area contributed by atoms with E-state index in [-0.39, 0.29) is 0 Å². The number of allylic oxidation sites excluding steroid dienone is 2. The van der Waals surface area contributed by atoms with Gasteiger partial charge in [-0.05, 0) is 35.4 Å². The number of rotatable bonds is 7. The van der Waals surface area contributed by atoms with Crippen LogP contribution in [-0.2, 0) is 0 Å². The topological polar surface area (TPSA) is 22.6 Å². The fraction of sp³-hybridized carbons (Fsp3) is 0. The molecule has 0 saturated heterocycles. The zero-order chi connectivity index (χ0) is 27.0. The van der Waals surface area contributed by atoms with Gasteiger partial charge in [0.1, 0.15) is 0 Å². The molecule has 0 radical (unpaired) electrons. The molecule has 0 N–H and O–H groups in total. The van der Waals surface area contributed by atoms with Crippen LogP contribution in [0.5, 0.6) is 0 Å². The van der Waals surface area contributed by atoms with Crippen molar-refractivity contribution in [2.24, 2.45) is 0 Å². The van der Waals surface area contributed by atoms with Gasteiger partial charge < -0.3 is 0 Å². The van der Waals surface area contributed by atoms with Gasteiger partial charge in [0, 0.05) is 23.3 Å². The van der Waals surface area contributed by atoms with Crippen molar-refractivity contribution in [3.8, 4) is 44.9 Å². The molecule has 0 saturated carbocycles. The third-order valence-corrected chi connectivity index (χ3v) is 6.59. The van der Waals surface area contributed by atoms with Gasteiger partial charge in [-0.2, -0.15) is 0 Å². The molecule has 0 unspecified atom stereocenters. The molecule has 6 aromatic rings. The van der Waals surface area contributed by atoms with Crippen LogP contribution < -0.4 is 0 Å². The first-order chi connectivity index (χ1) is 19.8. The molecule has 0 spiro atoms. The number of benzene rings is 4. The molecule has 2 heteroatoms. The molecule has 4 aromatic carbocycles. The molecule has 190 valence electrons. The lowest BCUT2D eigenvalue weighted by molar-refractivity contribution is 0.555. The standard InChI is InChI=1S/C38H28O2/c1-5-15-29(16-6-1)33-25-35(39-37(27-33)31-19-9-3-10-20-31)23-13-14-24-36-26-34(30-17-7-2-8-18-30)28-38(40-36)32-21-11-4-12-22-32/h1-28H/q+2/b23-13+,24-14+. The maximum atomic E-state index is 6.29. The Morgan fingerprint density at radius 1 is 0.325 bits per heavy atom. The van der Waals surface area contributed by atoms with Crippen molar-refractivity contribution in [2.75, 3.05) is 0 Å². The van der Waals surface area contributed by atoms with E-state index in [1.165, 1.54) is 0 Å². The molecule has 0 aliphatic rings. The van der Waals surface area contributed by atoms with Crippen LogP contribution in [0.2, 0.25) is 0 Å². The Kier molecular flexibility index (Phi) is 7.50. The minimum atomic E-state index is 0.768. The zero-order valence-corrected chi connectivity index (χ0v) is 22.0. The van der Waals surface area contributed by atoms with Gasteiger partial charge in [-0.25, -0.2) is 8.83 Å². The van der Waals surface area contributed by atoms with Gasteiger partial charge in [-0.1, -0.05) is 109 Å². The van der Waals surface area contributed by atoms with Crippen LogP contribution in [0, 0.1) is 0 Å². The van der Waals surface area contributed by atoms with Crippen LogP contribution in [-0.4, -0.2) is 0 Å². The smallest absolute Gasteiger partial charge is 0.207 e. The Labute approximate surface area is 234 Å². The molecular formula is C38H28O2+2. The van der Waals surface area contributed by atoms with E-state index in [1.807, 2.05) is 72.8 Å². The van der Waals surface area contributed by atoms with Crippen molar-refractivity contribution in [1.29, 1.82) is 0 Å². The predicted octanol–water partition coefficient (Wildman–Crippen LogP) is 10.8. The monoisotopic (exact) mass is 516 g/mol. The quantitative estimate of drug-likeness (QED) is 0.156. The summed E-state index contributed by atoms with van der Waals surface area (Å²) in [6, 6.07) is 49.4. The van der Waals surface area contributed by atoms with Gasteiger partial charge in [0.25, 0.3) is 0 Å². The average Bonchev–Trinajstić information content (AvgIpc) is 3.04. The first kappa shape index (κ1) is 25.0. The largest absolute Gasteiger partial charge is 0.361 e. The molecule has 40 heavy (non-hydrogen) atoms. The highest BCUT2D eigenvalue weighted by Gasteiger charge is 2.18. The van der Waals surface area contributed by atoms with Crippen LogP contribution in [0.25, 0.3) is 57.1 Å². The summed E-state index contributed by atoms with van der Waals surface area (Å²) < 4.78 is 12.6. The van der Waals surface area contributed by atoms with Crippen LogP contribution in [0.15, 0.2) is 167 Å². The molecule has 0 atom stereocenters. The second-order valence-corrected chi connectivity index (χ2v) is 9.41. The fourth-order valence-corrected chi connectivity index (χ4v) is 4.59. The molecule has 0 amide bonds. The lowest BCUT2D eigenvalue weighted by atomic mass is 10.0. The van der Waals surface area contributed by atoms with E-state index in [4.69, 9.17) is 8.83 Å². The van der Waals surface area contributed by atoms with Gasteiger partial charge >= 0.3 is 23.0 Å². The van der Waals surface area contributed by atoms with Crippen molar-refractivity contribution in [2.45, 2.75) is 0 Å². The fourth-order valence-electron chi connectivity index (χ4n) is 4.59. The van der Waals surface area contributed by atoms with E-state index in [9.17, 15) is 0 Å². The lowest BCUT2D eigenvalue weighted by Crippen LogP contribution is -1.85.